The number of rotatable bonds is 0. The van der Waals surface area contributed by atoms with Crippen LogP contribution in [0, 0.1) is 0 Å². The number of likely N-dealkylation sites (N-methyl/N-ethyl adjacent to an activating group) is 1. The number of hydrogen-bond donors (Lipinski definition) is 2. The molecule has 5 rings (SSSR count). The molecule has 0 unspecified atom stereocenters. The van der Waals surface area contributed by atoms with Crippen LogP contribution in [0.4, 0.5) is 0 Å². The van der Waals surface area contributed by atoms with Crippen LogP contribution >= 0.6 is 0 Å². The first-order valence-corrected chi connectivity index (χ1v) is 8.47. The third-order valence-corrected chi connectivity index (χ3v) is 5.38. The molecule has 2 N–H and O–H groups in total. The SMILES string of the molecule is CN1C(=O)c2c(cc3c(c2O)OCO3)C2=C[C@H](O)[C@H]3OC(C)(C)O[C@H]3[C@@H]21. The van der Waals surface area contributed by atoms with Crippen LogP contribution in [-0.4, -0.2) is 65.0 Å². The summed E-state index contributed by atoms with van der Waals surface area (Å²) in [6.07, 6.45) is -0.317. The summed E-state index contributed by atoms with van der Waals surface area (Å²) in [6.45, 7) is 3.54. The summed E-state index contributed by atoms with van der Waals surface area (Å²) < 4.78 is 22.5. The van der Waals surface area contributed by atoms with Crippen LogP contribution in [0.15, 0.2) is 12.1 Å². The lowest BCUT2D eigenvalue weighted by molar-refractivity contribution is -0.153. The van der Waals surface area contributed by atoms with Gasteiger partial charge >= 0.3 is 0 Å². The molecule has 4 aliphatic rings. The number of nitrogens with zero attached hydrogens (tertiary/aromatic N) is 1. The Bertz CT molecular complexity index is 862. The van der Waals surface area contributed by atoms with Gasteiger partial charge < -0.3 is 34.1 Å². The first kappa shape index (κ1) is 15.9. The Balaban J connectivity index is 1.71. The van der Waals surface area contributed by atoms with Gasteiger partial charge in [-0.05, 0) is 31.6 Å². The monoisotopic (exact) mass is 361 g/mol. The van der Waals surface area contributed by atoms with E-state index in [-0.39, 0.29) is 29.8 Å². The predicted octanol–water partition coefficient (Wildman–Crippen LogP) is 0.853. The Kier molecular flexibility index (Phi) is 3.00. The highest BCUT2D eigenvalue weighted by molar-refractivity contribution is 6.07. The number of fused-ring (bicyclic) bond motifs is 6. The highest BCUT2D eigenvalue weighted by Gasteiger charge is 2.55. The fourth-order valence-electron chi connectivity index (χ4n) is 4.33. The Hall–Kier alpha value is -2.29. The highest BCUT2D eigenvalue weighted by atomic mass is 16.8. The third kappa shape index (κ3) is 1.92. The number of hydrogen-bond acceptors (Lipinski definition) is 7. The molecule has 8 nitrogen and oxygen atoms in total. The van der Waals surface area contributed by atoms with Crippen LogP contribution < -0.4 is 9.47 Å². The second kappa shape index (κ2) is 4.91. The van der Waals surface area contributed by atoms with Gasteiger partial charge in [-0.15, -0.1) is 0 Å². The van der Waals surface area contributed by atoms with Gasteiger partial charge in [-0.25, -0.2) is 0 Å². The second-order valence-corrected chi connectivity index (χ2v) is 7.42. The van der Waals surface area contributed by atoms with Crippen molar-refractivity contribution in [2.75, 3.05) is 13.8 Å². The molecule has 1 aliphatic carbocycles. The summed E-state index contributed by atoms with van der Waals surface area (Å²) in [6, 6.07) is 1.24. The fourth-order valence-corrected chi connectivity index (χ4v) is 4.33. The van der Waals surface area contributed by atoms with E-state index < -0.39 is 30.1 Å². The molecule has 8 heteroatoms. The average Bonchev–Trinajstić information content (AvgIpc) is 3.16. The maximum atomic E-state index is 13.0. The van der Waals surface area contributed by atoms with E-state index in [0.717, 1.165) is 0 Å². The van der Waals surface area contributed by atoms with E-state index in [0.29, 0.717) is 16.9 Å². The number of aliphatic hydroxyl groups excluding tert-OH is 1. The van der Waals surface area contributed by atoms with Crippen molar-refractivity contribution in [1.82, 2.24) is 4.90 Å². The van der Waals surface area contributed by atoms with Crippen molar-refractivity contribution >= 4 is 11.5 Å². The Morgan fingerprint density at radius 1 is 1.23 bits per heavy atom. The number of phenolic OH excluding ortho intramolecular Hbond substituents is 1. The van der Waals surface area contributed by atoms with Crippen LogP contribution in [0.25, 0.3) is 5.57 Å². The Labute approximate surface area is 149 Å². The molecule has 0 bridgehead atoms. The van der Waals surface area contributed by atoms with E-state index in [4.69, 9.17) is 18.9 Å². The number of benzene rings is 1. The van der Waals surface area contributed by atoms with E-state index in [9.17, 15) is 15.0 Å². The standard InChI is InChI=1S/C18H19NO7/c1-18(2)25-14-9(20)4-8-7-5-10-15(24-6-23-10)13(21)11(7)17(22)19(3)12(8)16(14)26-18/h4-5,9,12,14,16,20-21H,6H2,1-3H3/t9-,12+,14+,16-/m0/s1. The maximum absolute atomic E-state index is 13.0. The van der Waals surface area contributed by atoms with Crippen molar-refractivity contribution in [3.8, 4) is 17.2 Å². The topological polar surface area (TPSA) is 97.7 Å². The molecule has 26 heavy (non-hydrogen) atoms. The number of ether oxygens (including phenoxy) is 4. The first-order chi connectivity index (χ1) is 12.3. The zero-order valence-electron chi connectivity index (χ0n) is 14.6. The quantitative estimate of drug-likeness (QED) is 0.707. The Morgan fingerprint density at radius 2 is 1.96 bits per heavy atom. The normalized spacial score (nSPS) is 33.5. The Morgan fingerprint density at radius 3 is 2.73 bits per heavy atom. The molecule has 0 aromatic heterocycles. The lowest BCUT2D eigenvalue weighted by Crippen LogP contribution is -2.56. The average molecular weight is 361 g/mol. The van der Waals surface area contributed by atoms with E-state index in [1.165, 1.54) is 4.90 Å². The summed E-state index contributed by atoms with van der Waals surface area (Å²) in [4.78, 5) is 14.5. The van der Waals surface area contributed by atoms with Gasteiger partial charge in [-0.1, -0.05) is 0 Å². The lowest BCUT2D eigenvalue weighted by atomic mass is 9.78. The van der Waals surface area contributed by atoms with E-state index >= 15 is 0 Å². The highest BCUT2D eigenvalue weighted by Crippen LogP contribution is 2.51. The smallest absolute Gasteiger partial charge is 0.258 e. The molecule has 1 aromatic carbocycles. The van der Waals surface area contributed by atoms with Crippen molar-refractivity contribution in [2.24, 2.45) is 0 Å². The van der Waals surface area contributed by atoms with Crippen molar-refractivity contribution in [2.45, 2.75) is 44.0 Å². The van der Waals surface area contributed by atoms with E-state index in [1.54, 1.807) is 33.0 Å². The summed E-state index contributed by atoms with van der Waals surface area (Å²) in [7, 11) is 1.65. The predicted molar refractivity (Wildman–Crippen MR) is 87.9 cm³/mol. The number of carbonyl (C=O) groups is 1. The largest absolute Gasteiger partial charge is 0.504 e. The van der Waals surface area contributed by atoms with Gasteiger partial charge in [0.05, 0.1) is 11.6 Å². The van der Waals surface area contributed by atoms with Crippen LogP contribution in [0.3, 0.4) is 0 Å². The van der Waals surface area contributed by atoms with Gasteiger partial charge in [-0.2, -0.15) is 0 Å². The zero-order chi connectivity index (χ0) is 18.4. The van der Waals surface area contributed by atoms with Crippen molar-refractivity contribution in [3.05, 3.63) is 23.3 Å². The molecule has 0 spiro atoms. The number of aromatic hydroxyl groups is 1. The molecule has 1 aromatic rings. The summed E-state index contributed by atoms with van der Waals surface area (Å²) in [5.74, 6) is -0.909. The lowest BCUT2D eigenvalue weighted by Gasteiger charge is -2.43. The van der Waals surface area contributed by atoms with Crippen molar-refractivity contribution in [3.63, 3.8) is 0 Å². The minimum absolute atomic E-state index is 0.0171. The minimum atomic E-state index is -0.893. The van der Waals surface area contributed by atoms with Gasteiger partial charge in [0.15, 0.2) is 17.3 Å². The molecule has 4 atom stereocenters. The number of amides is 1. The number of aliphatic hydroxyl groups is 1. The maximum Gasteiger partial charge on any atom is 0.258 e. The van der Waals surface area contributed by atoms with Gasteiger partial charge in [0.25, 0.3) is 5.91 Å². The number of phenols is 1. The van der Waals surface area contributed by atoms with Crippen LogP contribution in [0.1, 0.15) is 29.8 Å². The fraction of sp³-hybridized carbons (Fsp3) is 0.500. The van der Waals surface area contributed by atoms with Crippen molar-refractivity contribution in [1.29, 1.82) is 0 Å². The first-order valence-electron chi connectivity index (χ1n) is 8.47. The molecule has 138 valence electrons. The molecule has 3 aliphatic heterocycles. The summed E-state index contributed by atoms with van der Waals surface area (Å²) >= 11 is 0. The second-order valence-electron chi connectivity index (χ2n) is 7.42. The molecular formula is C18H19NO7. The van der Waals surface area contributed by atoms with Gasteiger partial charge in [-0.3, -0.25) is 4.79 Å². The molecular weight excluding hydrogens is 342 g/mol. The van der Waals surface area contributed by atoms with Crippen LogP contribution in [0.2, 0.25) is 0 Å². The van der Waals surface area contributed by atoms with E-state index in [2.05, 4.69) is 0 Å². The van der Waals surface area contributed by atoms with Gasteiger partial charge in [0.2, 0.25) is 12.5 Å². The summed E-state index contributed by atoms with van der Waals surface area (Å²) in [5.41, 5.74) is 1.36. The third-order valence-electron chi connectivity index (χ3n) is 5.38. The zero-order valence-corrected chi connectivity index (χ0v) is 14.6. The van der Waals surface area contributed by atoms with E-state index in [1.807, 2.05) is 0 Å². The number of carbonyl (C=O) groups excluding carboxylic acids is 1. The van der Waals surface area contributed by atoms with Crippen LogP contribution in [-0.2, 0) is 9.47 Å². The molecule has 0 radical (unpaired) electrons. The van der Waals surface area contributed by atoms with Gasteiger partial charge in [0.1, 0.15) is 18.3 Å². The molecule has 1 amide bonds. The summed E-state index contributed by atoms with van der Waals surface area (Å²) in [5, 5.41) is 21.2. The molecule has 3 heterocycles. The van der Waals surface area contributed by atoms with Crippen LogP contribution in [0.5, 0.6) is 17.2 Å². The van der Waals surface area contributed by atoms with Gasteiger partial charge in [0, 0.05) is 12.6 Å². The minimum Gasteiger partial charge on any atom is -0.504 e. The van der Waals surface area contributed by atoms with Crippen molar-refractivity contribution < 1.29 is 34.0 Å². The molecule has 0 saturated carbocycles. The molecule has 1 fully saturated rings. The molecule has 1 saturated heterocycles.